The van der Waals surface area contributed by atoms with Gasteiger partial charge in [0.1, 0.15) is 0 Å². The van der Waals surface area contributed by atoms with Crippen LogP contribution in [0.15, 0.2) is 0 Å². The summed E-state index contributed by atoms with van der Waals surface area (Å²) in [5, 5.41) is 5.57. The summed E-state index contributed by atoms with van der Waals surface area (Å²) in [5.41, 5.74) is 3.14. The van der Waals surface area contributed by atoms with Gasteiger partial charge in [0.15, 0.2) is 0 Å². The van der Waals surface area contributed by atoms with Crippen molar-refractivity contribution in [3.05, 3.63) is 0 Å². The highest BCUT2D eigenvalue weighted by atomic mass is 35.5. The molecule has 0 unspecified atom stereocenters. The van der Waals surface area contributed by atoms with E-state index in [2.05, 4.69) is 22.7 Å². The van der Waals surface area contributed by atoms with E-state index in [-0.39, 0.29) is 36.3 Å². The second kappa shape index (κ2) is 7.41. The normalized spacial score (nSPS) is 22.8. The lowest BCUT2D eigenvalue weighted by Crippen LogP contribution is -2.53. The third-order valence-corrected chi connectivity index (χ3v) is 3.59. The molecule has 6 heteroatoms. The molecule has 2 aliphatic rings. The number of rotatable bonds is 3. The number of hydrogen-bond donors (Lipinski definition) is 2. The molecule has 102 valence electrons. The first-order valence-corrected chi connectivity index (χ1v) is 6.05. The van der Waals surface area contributed by atoms with E-state index in [0.717, 1.165) is 38.9 Å². The molecule has 2 saturated heterocycles. The van der Waals surface area contributed by atoms with Crippen LogP contribution in [0, 0.1) is 0 Å². The van der Waals surface area contributed by atoms with Crippen molar-refractivity contribution in [3.63, 3.8) is 0 Å². The number of amides is 1. The van der Waals surface area contributed by atoms with Crippen LogP contribution in [0.25, 0.3) is 0 Å². The topological polar surface area (TPSA) is 44.4 Å². The number of carbonyl (C=O) groups excluding carboxylic acids is 1. The first kappa shape index (κ1) is 17.0. The Morgan fingerprint density at radius 3 is 2.53 bits per heavy atom. The van der Waals surface area contributed by atoms with Gasteiger partial charge >= 0.3 is 0 Å². The molecule has 0 aliphatic carbocycles. The largest absolute Gasteiger partial charge is 0.317 e. The molecule has 0 bridgehead atoms. The van der Waals surface area contributed by atoms with Crippen LogP contribution in [0.3, 0.4) is 0 Å². The molecule has 1 amide bonds. The van der Waals surface area contributed by atoms with E-state index in [1.807, 2.05) is 0 Å². The summed E-state index contributed by atoms with van der Waals surface area (Å²) in [5.74, 6) is 0.202. The molecular weight excluding hydrogens is 261 g/mol. The van der Waals surface area contributed by atoms with E-state index in [1.165, 1.54) is 6.42 Å². The molecule has 1 spiro atoms. The van der Waals surface area contributed by atoms with Gasteiger partial charge in [-0.25, -0.2) is 5.01 Å². The Morgan fingerprint density at radius 2 is 1.94 bits per heavy atom. The van der Waals surface area contributed by atoms with Gasteiger partial charge in [-0.05, 0) is 32.4 Å². The van der Waals surface area contributed by atoms with E-state index >= 15 is 0 Å². The maximum atomic E-state index is 11.5. The maximum absolute atomic E-state index is 11.5. The summed E-state index contributed by atoms with van der Waals surface area (Å²) in [6, 6.07) is 0. The lowest BCUT2D eigenvalue weighted by Gasteiger charge is -2.40. The fourth-order valence-electron chi connectivity index (χ4n) is 2.65. The lowest BCUT2D eigenvalue weighted by atomic mass is 9.85. The van der Waals surface area contributed by atoms with Crippen molar-refractivity contribution in [1.29, 1.82) is 0 Å². The first-order valence-electron chi connectivity index (χ1n) is 6.05. The van der Waals surface area contributed by atoms with Crippen molar-refractivity contribution < 1.29 is 4.79 Å². The standard InChI is InChI=1S/C11H21N3O.2ClH/c1-2-3-8-14-11(9-10(15)13-14)4-6-12-7-5-11;;/h12H,2-9H2,1H3,(H,13,15);2*1H. The Balaban J connectivity index is 0.00000128. The minimum absolute atomic E-state index is 0. The number of hydrazine groups is 1. The van der Waals surface area contributed by atoms with Crippen molar-refractivity contribution in [2.24, 2.45) is 0 Å². The van der Waals surface area contributed by atoms with Gasteiger partial charge in [-0.2, -0.15) is 0 Å². The van der Waals surface area contributed by atoms with Crippen molar-refractivity contribution in [2.75, 3.05) is 19.6 Å². The van der Waals surface area contributed by atoms with Crippen LogP contribution in [-0.2, 0) is 4.79 Å². The van der Waals surface area contributed by atoms with E-state index in [1.54, 1.807) is 0 Å². The number of carbonyl (C=O) groups is 1. The van der Waals surface area contributed by atoms with Crippen LogP contribution in [0.4, 0.5) is 0 Å². The minimum Gasteiger partial charge on any atom is -0.317 e. The quantitative estimate of drug-likeness (QED) is 0.825. The first-order chi connectivity index (χ1) is 7.27. The van der Waals surface area contributed by atoms with Gasteiger partial charge in [0.25, 0.3) is 0 Å². The lowest BCUT2D eigenvalue weighted by molar-refractivity contribution is -0.121. The molecule has 0 aromatic rings. The SMILES string of the molecule is CCCCN1NC(=O)CC12CCNCC2.Cl.Cl. The average molecular weight is 284 g/mol. The zero-order valence-electron chi connectivity index (χ0n) is 10.3. The molecule has 4 nitrogen and oxygen atoms in total. The number of unbranched alkanes of at least 4 members (excludes halogenated alkanes) is 1. The van der Waals surface area contributed by atoms with Crippen molar-refractivity contribution >= 4 is 30.7 Å². The number of hydrogen-bond acceptors (Lipinski definition) is 3. The monoisotopic (exact) mass is 283 g/mol. The Kier molecular flexibility index (Phi) is 7.40. The minimum atomic E-state index is 0. The highest BCUT2D eigenvalue weighted by Crippen LogP contribution is 2.32. The van der Waals surface area contributed by atoms with Crippen LogP contribution in [0.1, 0.15) is 39.0 Å². The molecule has 2 heterocycles. The van der Waals surface area contributed by atoms with E-state index < -0.39 is 0 Å². The summed E-state index contributed by atoms with van der Waals surface area (Å²) < 4.78 is 0. The Morgan fingerprint density at radius 1 is 1.29 bits per heavy atom. The molecule has 2 aliphatic heterocycles. The summed E-state index contributed by atoms with van der Waals surface area (Å²) in [7, 11) is 0. The molecular formula is C11H23Cl2N3O. The predicted octanol–water partition coefficient (Wildman–Crippen LogP) is 1.49. The molecule has 0 aromatic heterocycles. The molecule has 17 heavy (non-hydrogen) atoms. The van der Waals surface area contributed by atoms with E-state index in [4.69, 9.17) is 0 Å². The van der Waals surface area contributed by atoms with Gasteiger partial charge in [-0.15, -0.1) is 24.8 Å². The third-order valence-electron chi connectivity index (χ3n) is 3.59. The Hall–Kier alpha value is -0.0300. The van der Waals surface area contributed by atoms with E-state index in [0.29, 0.717) is 6.42 Å². The highest BCUT2D eigenvalue weighted by Gasteiger charge is 2.45. The van der Waals surface area contributed by atoms with Crippen molar-refractivity contribution in [3.8, 4) is 0 Å². The molecule has 0 atom stereocenters. The van der Waals surface area contributed by atoms with Crippen LogP contribution >= 0.6 is 24.8 Å². The van der Waals surface area contributed by atoms with E-state index in [9.17, 15) is 4.79 Å². The Bertz CT molecular complexity index is 245. The second-order valence-electron chi connectivity index (χ2n) is 4.69. The van der Waals surface area contributed by atoms with Crippen LogP contribution in [0.2, 0.25) is 0 Å². The molecule has 0 radical (unpaired) electrons. The smallest absolute Gasteiger partial charge is 0.236 e. The maximum Gasteiger partial charge on any atom is 0.236 e. The summed E-state index contributed by atoms with van der Waals surface area (Å²) in [4.78, 5) is 11.5. The van der Waals surface area contributed by atoms with Crippen LogP contribution < -0.4 is 10.7 Å². The number of nitrogens with zero attached hydrogens (tertiary/aromatic N) is 1. The predicted molar refractivity (Wildman–Crippen MR) is 73.7 cm³/mol. The van der Waals surface area contributed by atoms with Crippen LogP contribution in [0.5, 0.6) is 0 Å². The van der Waals surface area contributed by atoms with Crippen molar-refractivity contribution in [2.45, 2.75) is 44.6 Å². The number of halogens is 2. The van der Waals surface area contributed by atoms with Gasteiger partial charge in [0.2, 0.25) is 5.91 Å². The van der Waals surface area contributed by atoms with Gasteiger partial charge in [0, 0.05) is 13.0 Å². The third kappa shape index (κ3) is 3.71. The molecule has 2 fully saturated rings. The summed E-state index contributed by atoms with van der Waals surface area (Å²) in [6.45, 7) is 5.27. The Labute approximate surface area is 116 Å². The number of piperidine rings is 1. The summed E-state index contributed by atoms with van der Waals surface area (Å²) >= 11 is 0. The number of nitrogens with one attached hydrogen (secondary N) is 2. The van der Waals surface area contributed by atoms with Crippen LogP contribution in [-0.4, -0.2) is 36.1 Å². The summed E-state index contributed by atoms with van der Waals surface area (Å²) in [6.07, 6.45) is 5.22. The van der Waals surface area contributed by atoms with Gasteiger partial charge in [-0.1, -0.05) is 13.3 Å². The van der Waals surface area contributed by atoms with Gasteiger partial charge in [0.05, 0.1) is 5.54 Å². The van der Waals surface area contributed by atoms with Crippen molar-refractivity contribution in [1.82, 2.24) is 15.8 Å². The molecule has 2 rings (SSSR count). The molecule has 0 saturated carbocycles. The molecule has 2 N–H and O–H groups in total. The zero-order valence-corrected chi connectivity index (χ0v) is 12.0. The fraction of sp³-hybridized carbons (Fsp3) is 0.909. The van der Waals surface area contributed by atoms with Gasteiger partial charge < -0.3 is 5.32 Å². The second-order valence-corrected chi connectivity index (χ2v) is 4.69. The fourth-order valence-corrected chi connectivity index (χ4v) is 2.65. The van der Waals surface area contributed by atoms with Gasteiger partial charge in [-0.3, -0.25) is 10.2 Å². The average Bonchev–Trinajstić information content (AvgIpc) is 2.53. The highest BCUT2D eigenvalue weighted by molar-refractivity contribution is 5.85. The zero-order chi connectivity index (χ0) is 10.7. The molecule has 0 aromatic carbocycles.